The van der Waals surface area contributed by atoms with E-state index in [2.05, 4.69) is 15.3 Å². The van der Waals surface area contributed by atoms with Gasteiger partial charge in [0, 0.05) is 36.5 Å². The molecule has 8 nitrogen and oxygen atoms in total. The van der Waals surface area contributed by atoms with E-state index in [-0.39, 0.29) is 23.2 Å². The number of hydrogen-bond donors (Lipinski definition) is 1. The summed E-state index contributed by atoms with van der Waals surface area (Å²) < 4.78 is 33.7. The normalized spacial score (nSPS) is 13.8. The Morgan fingerprint density at radius 2 is 1.81 bits per heavy atom. The minimum atomic E-state index is -0.949. The summed E-state index contributed by atoms with van der Waals surface area (Å²) in [7, 11) is 0. The molecule has 5 rings (SSSR count). The average Bonchev–Trinajstić information content (AvgIpc) is 3.42. The topological polar surface area (TPSA) is 97.3 Å². The van der Waals surface area contributed by atoms with Crippen LogP contribution in [0.25, 0.3) is 21.8 Å². The van der Waals surface area contributed by atoms with Crippen molar-refractivity contribution in [2.45, 2.75) is 32.6 Å². The smallest absolute Gasteiger partial charge is 0.409 e. The third kappa shape index (κ3) is 6.74. The third-order valence-electron chi connectivity index (χ3n) is 6.73. The Balaban J connectivity index is 1.42. The van der Waals surface area contributed by atoms with Crippen molar-refractivity contribution in [3.05, 3.63) is 82.2 Å². The molecule has 0 spiro atoms. The molecular weight excluding hydrogens is 584 g/mol. The van der Waals surface area contributed by atoms with Crippen LogP contribution in [0.15, 0.2) is 54.7 Å². The van der Waals surface area contributed by atoms with Crippen LogP contribution in [0.5, 0.6) is 0 Å². The number of anilines is 1. The molecule has 42 heavy (non-hydrogen) atoms. The van der Waals surface area contributed by atoms with E-state index >= 15 is 0 Å². The number of benzene rings is 2. The fourth-order valence-electron chi connectivity index (χ4n) is 4.63. The standard InChI is InChI=1S/C30H28ClF2N5O3S/c1-17(2)16-41-30(40)38-13-10-18(11-14-38)28-37-25(26(42-28)23-9-12-34-29(31)36-23)19-5-3-6-20(15-19)35-27(39)24-21(32)7-4-8-22(24)33/h3-9,12,15,17-18H,10-11,13-14,16H2,1-2H3,(H,35,39). The second-order valence-corrected chi connectivity index (χ2v) is 11.7. The fraction of sp³-hybridized carbons (Fsp3) is 0.300. The molecule has 2 aromatic heterocycles. The molecule has 0 aliphatic carbocycles. The van der Waals surface area contributed by atoms with Gasteiger partial charge in [-0.2, -0.15) is 0 Å². The second kappa shape index (κ2) is 12.9. The number of aromatic nitrogens is 3. The van der Waals surface area contributed by atoms with E-state index in [1.807, 2.05) is 19.9 Å². The maximum atomic E-state index is 14.2. The minimum absolute atomic E-state index is 0.0922. The summed E-state index contributed by atoms with van der Waals surface area (Å²) in [5.41, 5.74) is 1.57. The van der Waals surface area contributed by atoms with Gasteiger partial charge in [-0.1, -0.05) is 32.0 Å². The van der Waals surface area contributed by atoms with Crippen LogP contribution in [-0.2, 0) is 4.74 Å². The van der Waals surface area contributed by atoms with Crippen molar-refractivity contribution in [1.82, 2.24) is 19.9 Å². The highest BCUT2D eigenvalue weighted by molar-refractivity contribution is 7.15. The van der Waals surface area contributed by atoms with Crippen molar-refractivity contribution >= 4 is 40.6 Å². The quantitative estimate of drug-likeness (QED) is 0.218. The molecule has 3 heterocycles. The van der Waals surface area contributed by atoms with Crippen molar-refractivity contribution in [1.29, 1.82) is 0 Å². The molecule has 0 bridgehead atoms. The van der Waals surface area contributed by atoms with E-state index in [9.17, 15) is 18.4 Å². The molecule has 2 aromatic carbocycles. The number of amides is 2. The van der Waals surface area contributed by atoms with E-state index in [0.29, 0.717) is 42.3 Å². The highest BCUT2D eigenvalue weighted by atomic mass is 35.5. The molecule has 4 aromatic rings. The molecular formula is C30H28ClF2N5O3S. The molecule has 2 amide bonds. The number of nitrogens with zero attached hydrogens (tertiary/aromatic N) is 4. The first kappa shape index (κ1) is 29.5. The Morgan fingerprint density at radius 1 is 1.10 bits per heavy atom. The number of nitrogens with one attached hydrogen (secondary N) is 1. The zero-order chi connectivity index (χ0) is 29.8. The first-order chi connectivity index (χ1) is 20.2. The highest BCUT2D eigenvalue weighted by Crippen LogP contribution is 2.41. The van der Waals surface area contributed by atoms with Gasteiger partial charge in [0.1, 0.15) is 17.2 Å². The molecule has 0 radical (unpaired) electrons. The first-order valence-corrected chi connectivity index (χ1v) is 14.7. The number of rotatable bonds is 7. The van der Waals surface area contributed by atoms with Gasteiger partial charge in [-0.15, -0.1) is 11.3 Å². The van der Waals surface area contributed by atoms with Crippen LogP contribution >= 0.6 is 22.9 Å². The summed E-state index contributed by atoms with van der Waals surface area (Å²) in [6.45, 7) is 5.48. The van der Waals surface area contributed by atoms with Gasteiger partial charge < -0.3 is 15.0 Å². The van der Waals surface area contributed by atoms with Crippen molar-refractivity contribution in [2.75, 3.05) is 25.0 Å². The predicted molar refractivity (Wildman–Crippen MR) is 158 cm³/mol. The lowest BCUT2D eigenvalue weighted by Crippen LogP contribution is -2.38. The van der Waals surface area contributed by atoms with Gasteiger partial charge in [-0.25, -0.2) is 28.5 Å². The van der Waals surface area contributed by atoms with Crippen LogP contribution < -0.4 is 5.32 Å². The zero-order valence-electron chi connectivity index (χ0n) is 22.9. The molecule has 0 atom stereocenters. The van der Waals surface area contributed by atoms with Crippen LogP contribution in [0.3, 0.4) is 0 Å². The Labute approximate surface area is 250 Å². The summed E-state index contributed by atoms with van der Waals surface area (Å²) in [4.78, 5) is 41.0. The summed E-state index contributed by atoms with van der Waals surface area (Å²) >= 11 is 7.60. The Bertz CT molecular complexity index is 1590. The molecule has 1 N–H and O–H groups in total. The van der Waals surface area contributed by atoms with Gasteiger partial charge in [0.15, 0.2) is 0 Å². The molecule has 0 saturated carbocycles. The van der Waals surface area contributed by atoms with E-state index in [1.165, 1.54) is 17.4 Å². The summed E-state index contributed by atoms with van der Waals surface area (Å²) in [6.07, 6.45) is 2.71. The fourth-order valence-corrected chi connectivity index (χ4v) is 6.01. The van der Waals surface area contributed by atoms with E-state index < -0.39 is 23.1 Å². The van der Waals surface area contributed by atoms with Gasteiger partial charge in [0.2, 0.25) is 5.28 Å². The number of halogens is 3. The van der Waals surface area contributed by atoms with Gasteiger partial charge in [0.05, 0.1) is 27.9 Å². The van der Waals surface area contributed by atoms with E-state index in [0.717, 1.165) is 34.9 Å². The highest BCUT2D eigenvalue weighted by Gasteiger charge is 2.29. The van der Waals surface area contributed by atoms with Gasteiger partial charge in [-0.05, 0) is 60.7 Å². The molecule has 1 aliphatic rings. The molecule has 218 valence electrons. The van der Waals surface area contributed by atoms with Gasteiger partial charge >= 0.3 is 6.09 Å². The molecule has 0 unspecified atom stereocenters. The Morgan fingerprint density at radius 3 is 2.50 bits per heavy atom. The van der Waals surface area contributed by atoms with Crippen molar-refractivity contribution in [2.24, 2.45) is 5.92 Å². The van der Waals surface area contributed by atoms with Crippen LogP contribution in [0.2, 0.25) is 5.28 Å². The number of ether oxygens (including phenoxy) is 1. The van der Waals surface area contributed by atoms with E-state index in [4.69, 9.17) is 21.3 Å². The Kier molecular flexibility index (Phi) is 9.08. The zero-order valence-corrected chi connectivity index (χ0v) is 24.5. The lowest BCUT2D eigenvalue weighted by molar-refractivity contribution is 0.0834. The third-order valence-corrected chi connectivity index (χ3v) is 8.15. The monoisotopic (exact) mass is 611 g/mol. The van der Waals surface area contributed by atoms with Gasteiger partial charge in [0.25, 0.3) is 5.91 Å². The number of hydrogen-bond acceptors (Lipinski definition) is 7. The predicted octanol–water partition coefficient (Wildman–Crippen LogP) is 7.42. The van der Waals surface area contributed by atoms with Crippen LogP contribution in [-0.4, -0.2) is 51.5 Å². The average molecular weight is 612 g/mol. The summed E-state index contributed by atoms with van der Waals surface area (Å²) in [6, 6.07) is 11.9. The second-order valence-electron chi connectivity index (χ2n) is 10.3. The number of likely N-dealkylation sites (tertiary alicyclic amines) is 1. The minimum Gasteiger partial charge on any atom is -0.449 e. The number of carbonyl (C=O) groups is 2. The van der Waals surface area contributed by atoms with Crippen LogP contribution in [0.4, 0.5) is 19.3 Å². The number of carbonyl (C=O) groups excluding carboxylic acids is 2. The van der Waals surface area contributed by atoms with Crippen molar-refractivity contribution < 1.29 is 23.1 Å². The lowest BCUT2D eigenvalue weighted by atomic mass is 9.98. The number of piperidine rings is 1. The van der Waals surface area contributed by atoms with Gasteiger partial charge in [-0.3, -0.25) is 4.79 Å². The first-order valence-electron chi connectivity index (χ1n) is 13.5. The SMILES string of the molecule is CC(C)COC(=O)N1CCC(c2nc(-c3cccc(NC(=O)c4c(F)cccc4F)c3)c(-c3ccnc(Cl)n3)s2)CC1. The maximum Gasteiger partial charge on any atom is 0.409 e. The maximum absolute atomic E-state index is 14.2. The van der Waals surface area contributed by atoms with Crippen LogP contribution in [0.1, 0.15) is 48.0 Å². The molecule has 1 aliphatic heterocycles. The van der Waals surface area contributed by atoms with Crippen molar-refractivity contribution in [3.8, 4) is 21.8 Å². The number of thiazole rings is 1. The lowest BCUT2D eigenvalue weighted by Gasteiger charge is -2.30. The molecule has 12 heteroatoms. The summed E-state index contributed by atoms with van der Waals surface area (Å²) in [5.74, 6) is -2.42. The van der Waals surface area contributed by atoms with Crippen molar-refractivity contribution in [3.63, 3.8) is 0 Å². The Hall–Kier alpha value is -3.96. The largest absolute Gasteiger partial charge is 0.449 e. The molecule has 1 fully saturated rings. The summed E-state index contributed by atoms with van der Waals surface area (Å²) in [5, 5.41) is 3.56. The van der Waals surface area contributed by atoms with E-state index in [1.54, 1.807) is 35.4 Å². The van der Waals surface area contributed by atoms with Crippen LogP contribution in [0, 0.1) is 17.6 Å². The molecule has 1 saturated heterocycles.